The zero-order valence-corrected chi connectivity index (χ0v) is 12.5. The maximum Gasteiger partial charge on any atom is 0.329 e. The van der Waals surface area contributed by atoms with Crippen LogP contribution in [0.25, 0.3) is 0 Å². The summed E-state index contributed by atoms with van der Waals surface area (Å²) in [6.45, 7) is 4.27. The van der Waals surface area contributed by atoms with Crippen molar-refractivity contribution in [3.63, 3.8) is 0 Å². The number of hydrogen-bond acceptors (Lipinski definition) is 2. The summed E-state index contributed by atoms with van der Waals surface area (Å²) in [6.07, 6.45) is 6.75. The minimum absolute atomic E-state index is 0.176. The number of hydrogen-bond donors (Lipinski definition) is 2. The molecule has 5 heteroatoms. The van der Waals surface area contributed by atoms with Crippen molar-refractivity contribution in [2.75, 3.05) is 6.54 Å². The molecule has 2 aliphatic rings. The first-order valence-corrected chi connectivity index (χ1v) is 7.79. The van der Waals surface area contributed by atoms with Gasteiger partial charge in [0.25, 0.3) is 0 Å². The average molecular weight is 282 g/mol. The molecule has 2 fully saturated rings. The third-order valence-corrected chi connectivity index (χ3v) is 4.73. The highest BCUT2D eigenvalue weighted by Crippen LogP contribution is 2.34. The van der Waals surface area contributed by atoms with Crippen LogP contribution in [0.15, 0.2) is 0 Å². The Hall–Kier alpha value is -1.26. The van der Waals surface area contributed by atoms with Gasteiger partial charge in [-0.1, -0.05) is 19.8 Å². The lowest BCUT2D eigenvalue weighted by atomic mass is 9.89. The van der Waals surface area contributed by atoms with Crippen LogP contribution in [0.5, 0.6) is 0 Å². The zero-order valence-electron chi connectivity index (χ0n) is 12.5. The Balaban J connectivity index is 1.99. The summed E-state index contributed by atoms with van der Waals surface area (Å²) < 4.78 is 0. The molecule has 114 valence electrons. The van der Waals surface area contributed by atoms with E-state index in [1.807, 2.05) is 0 Å². The van der Waals surface area contributed by atoms with Crippen LogP contribution < -0.4 is 5.32 Å². The number of piperidine rings is 1. The van der Waals surface area contributed by atoms with Crippen molar-refractivity contribution in [3.8, 4) is 0 Å². The van der Waals surface area contributed by atoms with Crippen molar-refractivity contribution < 1.29 is 14.7 Å². The van der Waals surface area contributed by atoms with Gasteiger partial charge in [-0.3, -0.25) is 0 Å². The van der Waals surface area contributed by atoms with Gasteiger partial charge in [-0.05, 0) is 44.9 Å². The number of urea groups is 1. The summed E-state index contributed by atoms with van der Waals surface area (Å²) in [5.74, 6) is -0.143. The van der Waals surface area contributed by atoms with Crippen molar-refractivity contribution in [3.05, 3.63) is 0 Å². The average Bonchev–Trinajstić information content (AvgIpc) is 3.22. The molecule has 1 heterocycles. The molecule has 0 aromatic heterocycles. The van der Waals surface area contributed by atoms with Gasteiger partial charge < -0.3 is 15.3 Å². The lowest BCUT2D eigenvalue weighted by molar-refractivity contribution is -0.150. The Labute approximate surface area is 120 Å². The SMILES string of the molecule is CCC(CC1CC1)NC(=O)N1CCCCC1(C)C(=O)O. The molecule has 0 aromatic rings. The summed E-state index contributed by atoms with van der Waals surface area (Å²) in [5.41, 5.74) is -1.06. The van der Waals surface area contributed by atoms with Gasteiger partial charge in [0.2, 0.25) is 0 Å². The Morgan fingerprint density at radius 2 is 2.10 bits per heavy atom. The molecule has 2 atom stereocenters. The van der Waals surface area contributed by atoms with Gasteiger partial charge in [-0.2, -0.15) is 0 Å². The number of nitrogens with zero attached hydrogens (tertiary/aromatic N) is 1. The maximum atomic E-state index is 12.4. The fourth-order valence-corrected chi connectivity index (χ4v) is 3.01. The molecule has 2 rings (SSSR count). The van der Waals surface area contributed by atoms with Crippen molar-refractivity contribution in [2.24, 2.45) is 5.92 Å². The number of likely N-dealkylation sites (tertiary alicyclic amines) is 1. The quantitative estimate of drug-likeness (QED) is 0.814. The van der Waals surface area contributed by atoms with Crippen molar-refractivity contribution >= 4 is 12.0 Å². The monoisotopic (exact) mass is 282 g/mol. The minimum Gasteiger partial charge on any atom is -0.480 e. The maximum absolute atomic E-state index is 12.4. The molecular weight excluding hydrogens is 256 g/mol. The van der Waals surface area contributed by atoms with Crippen LogP contribution in [0.1, 0.15) is 58.8 Å². The van der Waals surface area contributed by atoms with Crippen molar-refractivity contribution in [1.82, 2.24) is 10.2 Å². The topological polar surface area (TPSA) is 69.6 Å². The first-order valence-electron chi connectivity index (χ1n) is 7.79. The molecular formula is C15H26N2O3. The minimum atomic E-state index is -1.06. The van der Waals surface area contributed by atoms with Crippen LogP contribution in [0.3, 0.4) is 0 Å². The number of carbonyl (C=O) groups is 2. The molecule has 0 radical (unpaired) electrons. The molecule has 1 saturated heterocycles. The molecule has 0 spiro atoms. The number of aliphatic carboxylic acids is 1. The molecule has 2 amide bonds. The predicted octanol–water partition coefficient (Wildman–Crippen LogP) is 2.60. The summed E-state index contributed by atoms with van der Waals surface area (Å²) >= 11 is 0. The predicted molar refractivity (Wildman–Crippen MR) is 76.5 cm³/mol. The van der Waals surface area contributed by atoms with E-state index in [1.165, 1.54) is 17.7 Å². The Bertz CT molecular complexity index is 381. The third-order valence-electron chi connectivity index (χ3n) is 4.73. The fraction of sp³-hybridized carbons (Fsp3) is 0.867. The van der Waals surface area contributed by atoms with Gasteiger partial charge in [0.15, 0.2) is 0 Å². The first-order chi connectivity index (χ1) is 9.47. The van der Waals surface area contributed by atoms with E-state index in [0.717, 1.165) is 31.6 Å². The lowest BCUT2D eigenvalue weighted by Gasteiger charge is -2.42. The smallest absolute Gasteiger partial charge is 0.329 e. The summed E-state index contributed by atoms with van der Waals surface area (Å²) in [7, 11) is 0. The van der Waals surface area contributed by atoms with E-state index >= 15 is 0 Å². The fourth-order valence-electron chi connectivity index (χ4n) is 3.01. The molecule has 1 saturated carbocycles. The van der Waals surface area contributed by atoms with Crippen molar-refractivity contribution in [1.29, 1.82) is 0 Å². The Morgan fingerprint density at radius 1 is 1.40 bits per heavy atom. The second-order valence-corrected chi connectivity index (χ2v) is 6.42. The van der Waals surface area contributed by atoms with E-state index in [1.54, 1.807) is 6.92 Å². The van der Waals surface area contributed by atoms with Crippen LogP contribution in [0, 0.1) is 5.92 Å². The molecule has 2 unspecified atom stereocenters. The Morgan fingerprint density at radius 3 is 2.65 bits per heavy atom. The van der Waals surface area contributed by atoms with E-state index in [9.17, 15) is 14.7 Å². The highest BCUT2D eigenvalue weighted by atomic mass is 16.4. The highest BCUT2D eigenvalue weighted by Gasteiger charge is 2.44. The van der Waals surface area contributed by atoms with Crippen LogP contribution in [0.2, 0.25) is 0 Å². The van der Waals surface area contributed by atoms with Crippen LogP contribution in [-0.4, -0.2) is 40.1 Å². The molecule has 2 N–H and O–H groups in total. The largest absolute Gasteiger partial charge is 0.480 e. The third kappa shape index (κ3) is 3.25. The molecule has 0 aromatic carbocycles. The number of rotatable bonds is 5. The Kier molecular flexibility index (Phi) is 4.55. The molecule has 0 bridgehead atoms. The molecule has 1 aliphatic heterocycles. The molecule has 20 heavy (non-hydrogen) atoms. The highest BCUT2D eigenvalue weighted by molar-refractivity contribution is 5.86. The van der Waals surface area contributed by atoms with Gasteiger partial charge >= 0.3 is 12.0 Å². The van der Waals surface area contributed by atoms with Gasteiger partial charge in [0.1, 0.15) is 5.54 Å². The summed E-state index contributed by atoms with van der Waals surface area (Å²) in [5, 5.41) is 12.5. The number of carboxylic acids is 1. The lowest BCUT2D eigenvalue weighted by Crippen LogP contribution is -2.61. The number of carboxylic acid groups (broad SMARTS) is 1. The van der Waals surface area contributed by atoms with E-state index in [4.69, 9.17) is 0 Å². The summed E-state index contributed by atoms with van der Waals surface area (Å²) in [6, 6.07) is -0.0305. The van der Waals surface area contributed by atoms with Crippen LogP contribution in [-0.2, 0) is 4.79 Å². The first kappa shape index (κ1) is 15.1. The van der Waals surface area contributed by atoms with Gasteiger partial charge in [-0.25, -0.2) is 9.59 Å². The van der Waals surface area contributed by atoms with E-state index < -0.39 is 11.5 Å². The van der Waals surface area contributed by atoms with Gasteiger partial charge in [-0.15, -0.1) is 0 Å². The van der Waals surface area contributed by atoms with Crippen LogP contribution >= 0.6 is 0 Å². The second kappa shape index (κ2) is 6.02. The van der Waals surface area contributed by atoms with Gasteiger partial charge in [0.05, 0.1) is 0 Å². The molecule has 1 aliphatic carbocycles. The van der Waals surface area contributed by atoms with Crippen molar-refractivity contribution in [2.45, 2.75) is 70.4 Å². The van der Waals surface area contributed by atoms with E-state index in [2.05, 4.69) is 12.2 Å². The van der Waals surface area contributed by atoms with Crippen LogP contribution in [0.4, 0.5) is 4.79 Å². The zero-order chi connectivity index (χ0) is 14.8. The summed E-state index contributed by atoms with van der Waals surface area (Å²) in [4.78, 5) is 25.5. The van der Waals surface area contributed by atoms with E-state index in [-0.39, 0.29) is 12.1 Å². The molecule has 5 nitrogen and oxygen atoms in total. The van der Waals surface area contributed by atoms with Gasteiger partial charge in [0, 0.05) is 12.6 Å². The van der Waals surface area contributed by atoms with E-state index in [0.29, 0.717) is 13.0 Å². The number of amides is 2. The number of nitrogens with one attached hydrogen (secondary N) is 1. The normalized spacial score (nSPS) is 28.0. The second-order valence-electron chi connectivity index (χ2n) is 6.42. The standard InChI is InChI=1S/C15H26N2O3/c1-3-12(10-11-6-7-11)16-14(20)17-9-5-4-8-15(17,2)13(18)19/h11-12H,3-10H2,1-2H3,(H,16,20)(H,18,19). The number of carbonyl (C=O) groups excluding carboxylic acids is 1.